The van der Waals surface area contributed by atoms with Crippen molar-refractivity contribution in [1.82, 2.24) is 10.2 Å². The molecule has 2 heterocycles. The first-order valence-corrected chi connectivity index (χ1v) is 11.5. The maximum atomic E-state index is 12.1. The number of amidine groups is 1. The number of alkyl halides is 1. The van der Waals surface area contributed by atoms with Crippen LogP contribution in [0.1, 0.15) is 43.3 Å². The lowest BCUT2D eigenvalue weighted by atomic mass is 10.1. The second-order valence-electron chi connectivity index (χ2n) is 6.41. The van der Waals surface area contributed by atoms with E-state index in [1.807, 2.05) is 11.0 Å². The van der Waals surface area contributed by atoms with Crippen molar-refractivity contribution in [3.63, 3.8) is 0 Å². The third kappa shape index (κ3) is 5.32. The zero-order chi connectivity index (χ0) is 19.9. The summed E-state index contributed by atoms with van der Waals surface area (Å²) < 4.78 is 6.10. The molecule has 0 spiro atoms. The minimum atomic E-state index is -0.433. The standard InChI is InChI=1S/C20H22IN3O3S/c21-13-16-7-8-17(28-16)19(25)23-9-12-27-20(26)15-5-3-14(4-6-15)18(22)24-10-1-2-11-24/h3-8,22H,1-2,9-13H2,(H,23,25). The maximum absolute atomic E-state index is 12.1. The molecule has 1 aromatic heterocycles. The van der Waals surface area contributed by atoms with Gasteiger partial charge < -0.3 is 15.0 Å². The van der Waals surface area contributed by atoms with Crippen molar-refractivity contribution in [3.05, 3.63) is 57.3 Å². The molecular weight excluding hydrogens is 489 g/mol. The molecular formula is C20H22IN3O3S. The van der Waals surface area contributed by atoms with Crippen LogP contribution < -0.4 is 5.32 Å². The van der Waals surface area contributed by atoms with Gasteiger partial charge in [0.25, 0.3) is 5.91 Å². The highest BCUT2D eigenvalue weighted by atomic mass is 127. The Morgan fingerprint density at radius 3 is 2.43 bits per heavy atom. The molecule has 2 N–H and O–H groups in total. The fraction of sp³-hybridized carbons (Fsp3) is 0.350. The van der Waals surface area contributed by atoms with Crippen molar-refractivity contribution >= 4 is 51.6 Å². The lowest BCUT2D eigenvalue weighted by Gasteiger charge is -2.18. The third-order valence-electron chi connectivity index (χ3n) is 4.45. The van der Waals surface area contributed by atoms with E-state index in [2.05, 4.69) is 27.9 Å². The van der Waals surface area contributed by atoms with Gasteiger partial charge in [0.05, 0.1) is 17.0 Å². The molecule has 0 saturated carbocycles. The highest BCUT2D eigenvalue weighted by Gasteiger charge is 2.17. The van der Waals surface area contributed by atoms with Gasteiger partial charge in [0, 0.05) is 28.0 Å². The van der Waals surface area contributed by atoms with Gasteiger partial charge in [-0.1, -0.05) is 34.7 Å². The molecule has 1 fully saturated rings. The lowest BCUT2D eigenvalue weighted by molar-refractivity contribution is 0.0503. The van der Waals surface area contributed by atoms with E-state index in [1.54, 1.807) is 30.3 Å². The molecule has 28 heavy (non-hydrogen) atoms. The molecule has 3 rings (SSSR count). The van der Waals surface area contributed by atoms with Crippen LogP contribution in [0.15, 0.2) is 36.4 Å². The number of benzene rings is 1. The quantitative estimate of drug-likeness (QED) is 0.148. The van der Waals surface area contributed by atoms with E-state index in [0.29, 0.717) is 16.3 Å². The van der Waals surface area contributed by atoms with Gasteiger partial charge in [-0.05, 0) is 37.1 Å². The van der Waals surface area contributed by atoms with Gasteiger partial charge in [0.1, 0.15) is 12.4 Å². The number of ether oxygens (including phenoxy) is 1. The van der Waals surface area contributed by atoms with Crippen LogP contribution in [0.25, 0.3) is 0 Å². The van der Waals surface area contributed by atoms with Crippen LogP contribution in [0.3, 0.4) is 0 Å². The number of amides is 1. The number of halogens is 1. The molecule has 1 amide bonds. The first-order chi connectivity index (χ1) is 13.6. The smallest absolute Gasteiger partial charge is 0.338 e. The van der Waals surface area contributed by atoms with Crippen LogP contribution in [0, 0.1) is 5.41 Å². The highest BCUT2D eigenvalue weighted by Crippen LogP contribution is 2.19. The predicted molar refractivity (Wildman–Crippen MR) is 119 cm³/mol. The fourth-order valence-electron chi connectivity index (χ4n) is 2.94. The first-order valence-electron chi connectivity index (χ1n) is 9.12. The number of nitrogens with zero attached hydrogens (tertiary/aromatic N) is 1. The van der Waals surface area contributed by atoms with Crippen molar-refractivity contribution in [1.29, 1.82) is 5.41 Å². The first kappa shape index (κ1) is 20.8. The molecule has 0 atom stereocenters. The van der Waals surface area contributed by atoms with Crippen LogP contribution in [0.5, 0.6) is 0 Å². The fourth-order valence-corrected chi connectivity index (χ4v) is 4.43. The molecule has 148 valence electrons. The third-order valence-corrected chi connectivity index (χ3v) is 6.88. The van der Waals surface area contributed by atoms with Gasteiger partial charge in [-0.15, -0.1) is 11.3 Å². The normalized spacial score (nSPS) is 13.4. The molecule has 0 bridgehead atoms. The van der Waals surface area contributed by atoms with Gasteiger partial charge in [0.15, 0.2) is 0 Å². The number of likely N-dealkylation sites (tertiary alicyclic amines) is 1. The summed E-state index contributed by atoms with van der Waals surface area (Å²) in [5.74, 6) is -0.0850. The number of carbonyl (C=O) groups is 2. The van der Waals surface area contributed by atoms with Crippen LogP contribution in [0.2, 0.25) is 0 Å². The van der Waals surface area contributed by atoms with Crippen LogP contribution >= 0.6 is 33.9 Å². The van der Waals surface area contributed by atoms with Gasteiger partial charge in [-0.2, -0.15) is 0 Å². The molecule has 0 radical (unpaired) electrons. The second kappa shape index (κ2) is 10.0. The summed E-state index contributed by atoms with van der Waals surface area (Å²) in [7, 11) is 0. The van der Waals surface area contributed by atoms with Gasteiger partial charge >= 0.3 is 5.97 Å². The van der Waals surface area contributed by atoms with E-state index in [1.165, 1.54) is 11.3 Å². The largest absolute Gasteiger partial charge is 0.460 e. The Morgan fingerprint density at radius 2 is 1.79 bits per heavy atom. The summed E-state index contributed by atoms with van der Waals surface area (Å²) in [5.41, 5.74) is 1.24. The number of thiophene rings is 1. The van der Waals surface area contributed by atoms with E-state index < -0.39 is 5.97 Å². The minimum Gasteiger partial charge on any atom is -0.460 e. The molecule has 1 aliphatic rings. The van der Waals surface area contributed by atoms with E-state index >= 15 is 0 Å². The Bertz CT molecular complexity index is 845. The number of rotatable bonds is 7. The Morgan fingerprint density at radius 1 is 1.11 bits per heavy atom. The van der Waals surface area contributed by atoms with Crippen LogP contribution in [0.4, 0.5) is 0 Å². The lowest BCUT2D eigenvalue weighted by Crippen LogP contribution is -2.28. The highest BCUT2D eigenvalue weighted by molar-refractivity contribution is 14.1. The van der Waals surface area contributed by atoms with Crippen molar-refractivity contribution in [2.24, 2.45) is 0 Å². The van der Waals surface area contributed by atoms with Crippen molar-refractivity contribution < 1.29 is 14.3 Å². The van der Waals surface area contributed by atoms with Crippen molar-refractivity contribution in [2.45, 2.75) is 17.3 Å². The summed E-state index contributed by atoms with van der Waals surface area (Å²) in [6.07, 6.45) is 2.24. The molecule has 1 aromatic carbocycles. The Labute approximate surface area is 181 Å². The Balaban J connectivity index is 1.43. The van der Waals surface area contributed by atoms with Crippen molar-refractivity contribution in [3.8, 4) is 0 Å². The van der Waals surface area contributed by atoms with Crippen LogP contribution in [-0.4, -0.2) is 48.9 Å². The molecule has 0 aliphatic carbocycles. The number of nitrogens with one attached hydrogen (secondary N) is 2. The summed E-state index contributed by atoms with van der Waals surface area (Å²) in [4.78, 5) is 28.0. The van der Waals surface area contributed by atoms with E-state index in [4.69, 9.17) is 10.1 Å². The van der Waals surface area contributed by atoms with Gasteiger partial charge in [0.2, 0.25) is 0 Å². The van der Waals surface area contributed by atoms with Crippen LogP contribution in [-0.2, 0) is 9.16 Å². The number of esters is 1. The maximum Gasteiger partial charge on any atom is 0.338 e. The summed E-state index contributed by atoms with van der Waals surface area (Å²) in [5, 5.41) is 11.0. The van der Waals surface area contributed by atoms with E-state index in [9.17, 15) is 9.59 Å². The average Bonchev–Trinajstić information content (AvgIpc) is 3.42. The summed E-state index contributed by atoms with van der Waals surface area (Å²) in [6, 6.07) is 10.7. The molecule has 0 unspecified atom stereocenters. The van der Waals surface area contributed by atoms with E-state index in [0.717, 1.165) is 40.8 Å². The topological polar surface area (TPSA) is 82.5 Å². The number of carbonyl (C=O) groups excluding carboxylic acids is 2. The SMILES string of the molecule is N=C(c1ccc(C(=O)OCCNC(=O)c2ccc(CI)s2)cc1)N1CCCC1. The second-order valence-corrected chi connectivity index (χ2v) is 8.34. The number of hydrogen-bond acceptors (Lipinski definition) is 5. The Hall–Kier alpha value is -1.94. The zero-order valence-corrected chi connectivity index (χ0v) is 18.3. The monoisotopic (exact) mass is 511 g/mol. The summed E-state index contributed by atoms with van der Waals surface area (Å²) >= 11 is 3.73. The molecule has 8 heteroatoms. The van der Waals surface area contributed by atoms with Crippen molar-refractivity contribution in [2.75, 3.05) is 26.2 Å². The Kier molecular flexibility index (Phi) is 7.43. The van der Waals surface area contributed by atoms with E-state index in [-0.39, 0.29) is 19.1 Å². The average molecular weight is 511 g/mol. The zero-order valence-electron chi connectivity index (χ0n) is 15.4. The minimum absolute atomic E-state index is 0.112. The van der Waals surface area contributed by atoms with Gasteiger partial charge in [-0.25, -0.2) is 4.79 Å². The predicted octanol–water partition coefficient (Wildman–Crippen LogP) is 3.69. The van der Waals surface area contributed by atoms with Gasteiger partial charge in [-0.3, -0.25) is 10.2 Å². The number of hydrogen-bond donors (Lipinski definition) is 2. The molecule has 1 aliphatic heterocycles. The summed E-state index contributed by atoms with van der Waals surface area (Å²) in [6.45, 7) is 2.21. The molecule has 1 saturated heterocycles. The molecule has 6 nitrogen and oxygen atoms in total. The molecule has 2 aromatic rings.